The van der Waals surface area contributed by atoms with Crippen LogP contribution in [0.2, 0.25) is 0 Å². The molecule has 2 nitrogen and oxygen atoms in total. The molecule has 128 valence electrons. The van der Waals surface area contributed by atoms with E-state index in [1.165, 1.54) is 6.07 Å². The quantitative estimate of drug-likeness (QED) is 0.804. The summed E-state index contributed by atoms with van der Waals surface area (Å²) in [6.45, 7) is 1.85. The number of benzene rings is 2. The van der Waals surface area contributed by atoms with Crippen LogP contribution >= 0.6 is 9.24 Å². The number of hydrogen-bond acceptors (Lipinski definition) is 2. The minimum absolute atomic E-state index is 0.0140. The number of halogens is 2. The summed E-state index contributed by atoms with van der Waals surface area (Å²) in [5, 5.41) is 3.31. The Morgan fingerprint density at radius 2 is 1.67 bits per heavy atom. The molecular weight excluding hydrogens is 327 g/mol. The van der Waals surface area contributed by atoms with Crippen molar-refractivity contribution in [2.75, 3.05) is 13.1 Å². The van der Waals surface area contributed by atoms with Gasteiger partial charge in [-0.25, -0.2) is 0 Å². The van der Waals surface area contributed by atoms with Crippen LogP contribution in [0.5, 0.6) is 0 Å². The van der Waals surface area contributed by atoms with Crippen molar-refractivity contribution in [1.29, 1.82) is 0 Å². The Hall–Kier alpha value is -1.35. The number of piperidine rings is 1. The van der Waals surface area contributed by atoms with Gasteiger partial charge in [0.05, 0.1) is 6.10 Å². The summed E-state index contributed by atoms with van der Waals surface area (Å²) in [5.41, 5.74) is -1.20. The van der Waals surface area contributed by atoms with Crippen molar-refractivity contribution < 1.29 is 13.5 Å². The van der Waals surface area contributed by atoms with Gasteiger partial charge in [-0.15, -0.1) is 0 Å². The molecule has 0 radical (unpaired) electrons. The first kappa shape index (κ1) is 17.5. The maximum Gasteiger partial charge on any atom is 0.283 e. The van der Waals surface area contributed by atoms with Gasteiger partial charge in [0.15, 0.2) is 0 Å². The van der Waals surface area contributed by atoms with Gasteiger partial charge in [0.1, 0.15) is 6.10 Å². The molecule has 2 aromatic rings. The standard InChI is InChI=1S/C19H22F2NOP/c20-19(21,24)16-8-4-7-15(13-16)18(14-5-2-1-3-6-14)23-17-9-11-22-12-10-17/h1-8,13,17-18,22H,9-12,24H2. The van der Waals surface area contributed by atoms with Crippen molar-refractivity contribution in [3.63, 3.8) is 0 Å². The van der Waals surface area contributed by atoms with Crippen LogP contribution in [0.25, 0.3) is 0 Å². The van der Waals surface area contributed by atoms with E-state index in [4.69, 9.17) is 4.74 Å². The summed E-state index contributed by atoms with van der Waals surface area (Å²) in [6.07, 6.45) is 1.67. The third-order valence-electron chi connectivity index (χ3n) is 4.29. The average Bonchev–Trinajstić information content (AvgIpc) is 2.61. The van der Waals surface area contributed by atoms with Crippen LogP contribution in [-0.4, -0.2) is 19.2 Å². The molecule has 2 aromatic carbocycles. The molecule has 0 bridgehead atoms. The third-order valence-corrected chi connectivity index (χ3v) is 4.62. The maximum atomic E-state index is 13.7. The minimum Gasteiger partial charge on any atom is -0.365 e. The van der Waals surface area contributed by atoms with Gasteiger partial charge < -0.3 is 10.1 Å². The second-order valence-corrected chi connectivity index (χ2v) is 6.85. The van der Waals surface area contributed by atoms with Crippen molar-refractivity contribution in [3.05, 3.63) is 71.3 Å². The Morgan fingerprint density at radius 3 is 2.33 bits per heavy atom. The summed E-state index contributed by atoms with van der Waals surface area (Å²) in [6, 6.07) is 16.3. The summed E-state index contributed by atoms with van der Waals surface area (Å²) in [5.74, 6) is 0. The molecule has 0 saturated carbocycles. The smallest absolute Gasteiger partial charge is 0.283 e. The highest BCUT2D eigenvalue weighted by Gasteiger charge is 2.27. The lowest BCUT2D eigenvalue weighted by molar-refractivity contribution is -0.00822. The van der Waals surface area contributed by atoms with Crippen LogP contribution in [0.4, 0.5) is 8.78 Å². The molecule has 5 heteroatoms. The highest BCUT2D eigenvalue weighted by Crippen LogP contribution is 2.37. The van der Waals surface area contributed by atoms with Gasteiger partial charge in [0, 0.05) is 5.56 Å². The second kappa shape index (κ2) is 7.69. The molecule has 0 aromatic heterocycles. The molecule has 1 fully saturated rings. The molecule has 2 atom stereocenters. The van der Waals surface area contributed by atoms with Gasteiger partial charge in [-0.3, -0.25) is 0 Å². The Labute approximate surface area is 143 Å². The van der Waals surface area contributed by atoms with Crippen molar-refractivity contribution >= 4 is 9.24 Å². The van der Waals surface area contributed by atoms with E-state index in [-0.39, 0.29) is 17.8 Å². The lowest BCUT2D eigenvalue weighted by Gasteiger charge is -2.29. The molecule has 0 spiro atoms. The Morgan fingerprint density at radius 1 is 1.00 bits per heavy atom. The first-order valence-electron chi connectivity index (χ1n) is 8.22. The van der Waals surface area contributed by atoms with Gasteiger partial charge in [-0.05, 0) is 43.1 Å². The van der Waals surface area contributed by atoms with Crippen LogP contribution in [0.3, 0.4) is 0 Å². The van der Waals surface area contributed by atoms with Crippen LogP contribution < -0.4 is 5.32 Å². The lowest BCUT2D eigenvalue weighted by Crippen LogP contribution is -2.33. The molecular formula is C19H22F2NOP. The molecule has 1 heterocycles. The zero-order chi connectivity index (χ0) is 17.0. The normalized spacial score (nSPS) is 17.6. The molecule has 1 saturated heterocycles. The highest BCUT2D eigenvalue weighted by molar-refractivity contribution is 7.17. The van der Waals surface area contributed by atoms with Crippen LogP contribution in [0, 0.1) is 0 Å². The fraction of sp³-hybridized carbons (Fsp3) is 0.368. The number of hydrogen-bond donors (Lipinski definition) is 1. The predicted octanol–water partition coefficient (Wildman–Crippen LogP) is 4.47. The fourth-order valence-electron chi connectivity index (χ4n) is 3.01. The third kappa shape index (κ3) is 4.38. The first-order valence-corrected chi connectivity index (χ1v) is 8.80. The van der Waals surface area contributed by atoms with Gasteiger partial charge in [-0.1, -0.05) is 57.8 Å². The van der Waals surface area contributed by atoms with E-state index in [1.807, 2.05) is 36.4 Å². The number of nitrogens with one attached hydrogen (secondary N) is 1. The summed E-state index contributed by atoms with van der Waals surface area (Å²) < 4.78 is 33.7. The zero-order valence-electron chi connectivity index (χ0n) is 13.4. The van der Waals surface area contributed by atoms with E-state index in [0.717, 1.165) is 37.1 Å². The largest absolute Gasteiger partial charge is 0.365 e. The van der Waals surface area contributed by atoms with E-state index in [0.29, 0.717) is 0 Å². The molecule has 3 rings (SSSR count). The lowest BCUT2D eigenvalue weighted by atomic mass is 9.98. The Kier molecular flexibility index (Phi) is 5.60. The van der Waals surface area contributed by atoms with Gasteiger partial charge in [0.25, 0.3) is 5.66 Å². The molecule has 0 amide bonds. The molecule has 0 aliphatic carbocycles. The van der Waals surface area contributed by atoms with Crippen LogP contribution in [-0.2, 0) is 10.4 Å². The van der Waals surface area contributed by atoms with Crippen molar-refractivity contribution in [1.82, 2.24) is 5.32 Å². The van der Waals surface area contributed by atoms with Gasteiger partial charge >= 0.3 is 0 Å². The molecule has 1 N–H and O–H groups in total. The van der Waals surface area contributed by atoms with E-state index in [1.54, 1.807) is 21.4 Å². The Balaban J connectivity index is 1.92. The van der Waals surface area contributed by atoms with E-state index >= 15 is 0 Å². The fourth-order valence-corrected chi connectivity index (χ4v) is 3.19. The Bertz CT molecular complexity index is 654. The van der Waals surface area contributed by atoms with Crippen molar-refractivity contribution in [2.45, 2.75) is 30.7 Å². The SMILES string of the molecule is FC(F)(P)c1cccc(C(OC2CCNCC2)c2ccccc2)c1. The highest BCUT2D eigenvalue weighted by atomic mass is 31.0. The van der Waals surface area contributed by atoms with E-state index < -0.39 is 5.66 Å². The molecule has 1 aliphatic rings. The average molecular weight is 349 g/mol. The van der Waals surface area contributed by atoms with Crippen LogP contribution in [0.1, 0.15) is 35.6 Å². The summed E-state index contributed by atoms with van der Waals surface area (Å²) >= 11 is 0. The number of alkyl halides is 2. The topological polar surface area (TPSA) is 21.3 Å². The predicted molar refractivity (Wildman–Crippen MR) is 95.3 cm³/mol. The number of ether oxygens (including phenoxy) is 1. The molecule has 2 unspecified atom stereocenters. The first-order chi connectivity index (χ1) is 11.5. The molecule has 24 heavy (non-hydrogen) atoms. The van der Waals surface area contributed by atoms with E-state index in [9.17, 15) is 8.78 Å². The monoisotopic (exact) mass is 349 g/mol. The summed E-state index contributed by atoms with van der Waals surface area (Å²) in [4.78, 5) is 0. The minimum atomic E-state index is -2.94. The van der Waals surface area contributed by atoms with Gasteiger partial charge in [0.2, 0.25) is 0 Å². The zero-order valence-corrected chi connectivity index (χ0v) is 14.6. The number of rotatable bonds is 5. The van der Waals surface area contributed by atoms with Crippen LogP contribution in [0.15, 0.2) is 54.6 Å². The molecule has 1 aliphatic heterocycles. The maximum absolute atomic E-state index is 13.7. The summed E-state index contributed by atoms with van der Waals surface area (Å²) in [7, 11) is 1.60. The van der Waals surface area contributed by atoms with E-state index in [2.05, 4.69) is 5.32 Å². The van der Waals surface area contributed by atoms with Crippen molar-refractivity contribution in [3.8, 4) is 0 Å². The van der Waals surface area contributed by atoms with Gasteiger partial charge in [-0.2, -0.15) is 8.78 Å². The van der Waals surface area contributed by atoms with Crippen molar-refractivity contribution in [2.24, 2.45) is 0 Å². The second-order valence-electron chi connectivity index (χ2n) is 6.12.